The lowest BCUT2D eigenvalue weighted by molar-refractivity contribution is 0.0670. The number of aliphatic hydroxyl groups is 1. The topological polar surface area (TPSA) is 37.3 Å². The molecule has 1 rings (SSSR count). The molecular weight excluding hydrogens is 188 g/mol. The third-order valence-electron chi connectivity index (χ3n) is 2.29. The maximum absolute atomic E-state index is 11.6. The zero-order valence-corrected chi connectivity index (χ0v) is 9.36. The van der Waals surface area contributed by atoms with Gasteiger partial charge >= 0.3 is 0 Å². The highest BCUT2D eigenvalue weighted by atomic mass is 16.3. The minimum atomic E-state index is -0.670. The fourth-order valence-electron chi connectivity index (χ4n) is 1.45. The maximum atomic E-state index is 11.6. The number of hydrogen-bond donors (Lipinski definition) is 1. The monoisotopic (exact) mass is 206 g/mol. The summed E-state index contributed by atoms with van der Waals surface area (Å²) < 4.78 is 0. The Bertz CT molecular complexity index is 309. The molecule has 2 nitrogen and oxygen atoms in total. The van der Waals surface area contributed by atoms with Crippen LogP contribution < -0.4 is 0 Å². The van der Waals surface area contributed by atoms with Gasteiger partial charge in [0.25, 0.3) is 0 Å². The number of carbonyl (C=O) groups is 1. The molecule has 15 heavy (non-hydrogen) atoms. The molecule has 0 radical (unpaired) electrons. The van der Waals surface area contributed by atoms with Crippen LogP contribution in [0.25, 0.3) is 0 Å². The van der Waals surface area contributed by atoms with Gasteiger partial charge in [-0.1, -0.05) is 30.3 Å². The molecule has 0 aromatic heterocycles. The SMILES string of the molecule is CC(C)(O)CCCC(=O)c1ccccc1. The standard InChI is InChI=1S/C13H18O2/c1-13(2,15)10-6-9-12(14)11-7-4-3-5-8-11/h3-5,7-8,15H,6,9-10H2,1-2H3. The smallest absolute Gasteiger partial charge is 0.162 e. The molecule has 0 spiro atoms. The van der Waals surface area contributed by atoms with Crippen LogP contribution in [-0.2, 0) is 0 Å². The molecule has 0 unspecified atom stereocenters. The lowest BCUT2D eigenvalue weighted by atomic mass is 9.98. The number of hydrogen-bond acceptors (Lipinski definition) is 2. The van der Waals surface area contributed by atoms with Gasteiger partial charge < -0.3 is 5.11 Å². The van der Waals surface area contributed by atoms with E-state index in [2.05, 4.69) is 0 Å². The molecule has 0 heterocycles. The molecule has 0 saturated heterocycles. The Balaban J connectivity index is 2.38. The predicted molar refractivity (Wildman–Crippen MR) is 60.9 cm³/mol. The van der Waals surface area contributed by atoms with E-state index in [0.29, 0.717) is 12.8 Å². The van der Waals surface area contributed by atoms with E-state index in [4.69, 9.17) is 0 Å². The van der Waals surface area contributed by atoms with Crippen molar-refractivity contribution in [3.8, 4) is 0 Å². The van der Waals surface area contributed by atoms with E-state index in [-0.39, 0.29) is 5.78 Å². The number of Topliss-reactive ketones (excluding diaryl/α,β-unsaturated/α-hetero) is 1. The van der Waals surface area contributed by atoms with Gasteiger partial charge in [-0.15, -0.1) is 0 Å². The number of ketones is 1. The van der Waals surface area contributed by atoms with Crippen LogP contribution in [0.4, 0.5) is 0 Å². The van der Waals surface area contributed by atoms with E-state index in [0.717, 1.165) is 12.0 Å². The van der Waals surface area contributed by atoms with Crippen molar-refractivity contribution in [3.63, 3.8) is 0 Å². The Morgan fingerprint density at radius 3 is 2.40 bits per heavy atom. The Hall–Kier alpha value is -1.15. The van der Waals surface area contributed by atoms with Crippen LogP contribution in [0.15, 0.2) is 30.3 Å². The number of carbonyl (C=O) groups excluding carboxylic acids is 1. The van der Waals surface area contributed by atoms with Crippen LogP contribution >= 0.6 is 0 Å². The van der Waals surface area contributed by atoms with Gasteiger partial charge in [0.15, 0.2) is 5.78 Å². The first-order chi connectivity index (χ1) is 6.99. The van der Waals surface area contributed by atoms with Gasteiger partial charge in [-0.3, -0.25) is 4.79 Å². The first-order valence-corrected chi connectivity index (χ1v) is 5.30. The summed E-state index contributed by atoms with van der Waals surface area (Å²) in [6.45, 7) is 3.53. The van der Waals surface area contributed by atoms with Crippen molar-refractivity contribution in [2.75, 3.05) is 0 Å². The van der Waals surface area contributed by atoms with E-state index in [9.17, 15) is 9.90 Å². The zero-order chi connectivity index (χ0) is 11.3. The van der Waals surface area contributed by atoms with Crippen molar-refractivity contribution in [3.05, 3.63) is 35.9 Å². The molecule has 0 amide bonds. The lowest BCUT2D eigenvalue weighted by Gasteiger charge is -2.15. The van der Waals surface area contributed by atoms with E-state index in [1.165, 1.54) is 0 Å². The summed E-state index contributed by atoms with van der Waals surface area (Å²) in [4.78, 5) is 11.6. The molecule has 1 N–H and O–H groups in total. The lowest BCUT2D eigenvalue weighted by Crippen LogP contribution is -2.18. The minimum Gasteiger partial charge on any atom is -0.390 e. The third kappa shape index (κ3) is 4.75. The molecule has 0 aliphatic heterocycles. The molecule has 0 fully saturated rings. The second kappa shape index (κ2) is 5.08. The van der Waals surface area contributed by atoms with E-state index in [1.807, 2.05) is 30.3 Å². The molecule has 0 aliphatic rings. The van der Waals surface area contributed by atoms with Gasteiger partial charge in [-0.05, 0) is 26.7 Å². The van der Waals surface area contributed by atoms with Crippen LogP contribution in [0, 0.1) is 0 Å². The van der Waals surface area contributed by atoms with Crippen molar-refractivity contribution in [1.82, 2.24) is 0 Å². The highest BCUT2D eigenvalue weighted by molar-refractivity contribution is 5.95. The summed E-state index contributed by atoms with van der Waals surface area (Å²) in [5.74, 6) is 0.153. The van der Waals surface area contributed by atoms with E-state index >= 15 is 0 Å². The molecule has 0 atom stereocenters. The fourth-order valence-corrected chi connectivity index (χ4v) is 1.45. The molecule has 0 bridgehead atoms. The molecule has 1 aromatic rings. The fraction of sp³-hybridized carbons (Fsp3) is 0.462. The summed E-state index contributed by atoms with van der Waals surface area (Å²) in [7, 11) is 0. The summed E-state index contributed by atoms with van der Waals surface area (Å²) in [6, 6.07) is 9.28. The second-order valence-corrected chi connectivity index (χ2v) is 4.46. The van der Waals surface area contributed by atoms with Crippen LogP contribution in [0.1, 0.15) is 43.5 Å². The van der Waals surface area contributed by atoms with Gasteiger partial charge in [0.1, 0.15) is 0 Å². The summed E-state index contributed by atoms with van der Waals surface area (Å²) in [5, 5.41) is 9.49. The van der Waals surface area contributed by atoms with Crippen molar-refractivity contribution < 1.29 is 9.90 Å². The van der Waals surface area contributed by atoms with E-state index in [1.54, 1.807) is 13.8 Å². The van der Waals surface area contributed by atoms with Crippen LogP contribution in [0.3, 0.4) is 0 Å². The Kier molecular flexibility index (Phi) is 4.04. The largest absolute Gasteiger partial charge is 0.390 e. The molecule has 0 aliphatic carbocycles. The Labute approximate surface area is 90.9 Å². The molecule has 2 heteroatoms. The van der Waals surface area contributed by atoms with E-state index < -0.39 is 5.60 Å². The van der Waals surface area contributed by atoms with Gasteiger partial charge in [0.2, 0.25) is 0 Å². The average molecular weight is 206 g/mol. The number of rotatable bonds is 5. The maximum Gasteiger partial charge on any atom is 0.162 e. The van der Waals surface area contributed by atoms with Crippen molar-refractivity contribution in [1.29, 1.82) is 0 Å². The average Bonchev–Trinajstić information content (AvgIpc) is 2.17. The van der Waals surface area contributed by atoms with Gasteiger partial charge in [0.05, 0.1) is 5.60 Å². The predicted octanol–water partition coefficient (Wildman–Crippen LogP) is 2.81. The number of benzene rings is 1. The quantitative estimate of drug-likeness (QED) is 0.752. The van der Waals surface area contributed by atoms with Crippen molar-refractivity contribution >= 4 is 5.78 Å². The van der Waals surface area contributed by atoms with Crippen molar-refractivity contribution in [2.24, 2.45) is 0 Å². The normalized spacial score (nSPS) is 11.4. The van der Waals surface area contributed by atoms with Gasteiger partial charge in [-0.25, -0.2) is 0 Å². The second-order valence-electron chi connectivity index (χ2n) is 4.46. The summed E-state index contributed by atoms with van der Waals surface area (Å²) >= 11 is 0. The molecular formula is C13H18O2. The Morgan fingerprint density at radius 2 is 1.87 bits per heavy atom. The van der Waals surface area contributed by atoms with Crippen LogP contribution in [0.2, 0.25) is 0 Å². The van der Waals surface area contributed by atoms with Crippen molar-refractivity contribution in [2.45, 2.75) is 38.7 Å². The Morgan fingerprint density at radius 1 is 1.27 bits per heavy atom. The van der Waals surface area contributed by atoms with Gasteiger partial charge in [-0.2, -0.15) is 0 Å². The zero-order valence-electron chi connectivity index (χ0n) is 9.36. The molecule has 0 saturated carbocycles. The summed E-state index contributed by atoms with van der Waals surface area (Å²) in [6.07, 6.45) is 1.90. The van der Waals surface area contributed by atoms with Crippen LogP contribution in [0.5, 0.6) is 0 Å². The first-order valence-electron chi connectivity index (χ1n) is 5.30. The third-order valence-corrected chi connectivity index (χ3v) is 2.29. The summed E-state index contributed by atoms with van der Waals surface area (Å²) in [5.41, 5.74) is 0.0880. The molecule has 82 valence electrons. The highest BCUT2D eigenvalue weighted by Crippen LogP contribution is 2.14. The van der Waals surface area contributed by atoms with Gasteiger partial charge in [0, 0.05) is 12.0 Å². The first kappa shape index (κ1) is 11.9. The van der Waals surface area contributed by atoms with Crippen LogP contribution in [-0.4, -0.2) is 16.5 Å². The highest BCUT2D eigenvalue weighted by Gasteiger charge is 2.13. The minimum absolute atomic E-state index is 0.153. The molecule has 1 aromatic carbocycles.